The molecule has 7 heteroatoms. The molecular weight excluding hydrogens is 282 g/mol. The standard InChI is InChI=1S/C13H17NO5S/c1-4-7-14(9-13(15)16)20(17,18)12-8-11(19-3)6-5-10(12)2/h4-6,8H,1,7,9H2,2-3H3,(H,15,16). The molecule has 0 unspecified atom stereocenters. The minimum absolute atomic E-state index is 0.0277. The Balaban J connectivity index is 3.31. The zero-order valence-corrected chi connectivity index (χ0v) is 12.2. The van der Waals surface area contributed by atoms with E-state index in [2.05, 4.69) is 6.58 Å². The fraction of sp³-hybridized carbons (Fsp3) is 0.308. The minimum Gasteiger partial charge on any atom is -0.497 e. The largest absolute Gasteiger partial charge is 0.497 e. The molecular formula is C13H17NO5S. The Morgan fingerprint density at radius 2 is 2.15 bits per heavy atom. The third-order valence-corrected chi connectivity index (χ3v) is 4.61. The van der Waals surface area contributed by atoms with Crippen LogP contribution in [0, 0.1) is 6.92 Å². The van der Waals surface area contributed by atoms with Crippen molar-refractivity contribution < 1.29 is 23.1 Å². The summed E-state index contributed by atoms with van der Waals surface area (Å²) in [6, 6.07) is 4.63. The topological polar surface area (TPSA) is 83.9 Å². The number of aliphatic carboxylic acids is 1. The van der Waals surface area contributed by atoms with Gasteiger partial charge in [-0.2, -0.15) is 4.31 Å². The van der Waals surface area contributed by atoms with E-state index in [1.54, 1.807) is 19.1 Å². The van der Waals surface area contributed by atoms with Crippen LogP contribution in [0.4, 0.5) is 0 Å². The maximum Gasteiger partial charge on any atom is 0.318 e. The fourth-order valence-corrected chi connectivity index (χ4v) is 3.27. The highest BCUT2D eigenvalue weighted by Gasteiger charge is 2.27. The average Bonchev–Trinajstić information content (AvgIpc) is 2.38. The molecule has 0 aliphatic heterocycles. The van der Waals surface area contributed by atoms with E-state index < -0.39 is 22.5 Å². The maximum absolute atomic E-state index is 12.5. The van der Waals surface area contributed by atoms with Crippen molar-refractivity contribution in [2.24, 2.45) is 0 Å². The van der Waals surface area contributed by atoms with Gasteiger partial charge in [0, 0.05) is 12.6 Å². The molecule has 20 heavy (non-hydrogen) atoms. The number of hydrogen-bond acceptors (Lipinski definition) is 4. The second-order valence-corrected chi connectivity index (χ2v) is 6.02. The molecule has 1 aromatic rings. The first-order chi connectivity index (χ1) is 9.32. The van der Waals surface area contributed by atoms with Crippen LogP contribution in [0.1, 0.15) is 5.56 Å². The molecule has 0 heterocycles. The summed E-state index contributed by atoms with van der Waals surface area (Å²) in [5.74, 6) is -0.834. The highest BCUT2D eigenvalue weighted by Crippen LogP contribution is 2.24. The van der Waals surface area contributed by atoms with Crippen LogP contribution in [0.2, 0.25) is 0 Å². The fourth-order valence-electron chi connectivity index (χ4n) is 1.67. The lowest BCUT2D eigenvalue weighted by atomic mass is 10.2. The van der Waals surface area contributed by atoms with Gasteiger partial charge in [0.05, 0.1) is 12.0 Å². The van der Waals surface area contributed by atoms with Gasteiger partial charge in [-0.25, -0.2) is 8.42 Å². The van der Waals surface area contributed by atoms with Crippen molar-refractivity contribution in [2.45, 2.75) is 11.8 Å². The molecule has 0 amide bonds. The number of methoxy groups -OCH3 is 1. The molecule has 0 saturated carbocycles. The van der Waals surface area contributed by atoms with Crippen LogP contribution in [0.3, 0.4) is 0 Å². The van der Waals surface area contributed by atoms with Gasteiger partial charge in [-0.15, -0.1) is 6.58 Å². The summed E-state index contributed by atoms with van der Waals surface area (Å²) in [5, 5.41) is 8.83. The van der Waals surface area contributed by atoms with Gasteiger partial charge in [-0.3, -0.25) is 4.79 Å². The van der Waals surface area contributed by atoms with Gasteiger partial charge in [0.2, 0.25) is 10.0 Å². The molecule has 0 aliphatic carbocycles. The van der Waals surface area contributed by atoms with Gasteiger partial charge in [0.15, 0.2) is 0 Å². The number of nitrogens with zero attached hydrogens (tertiary/aromatic N) is 1. The lowest BCUT2D eigenvalue weighted by molar-refractivity contribution is -0.137. The van der Waals surface area contributed by atoms with Crippen LogP contribution in [0.25, 0.3) is 0 Å². The Kier molecular flexibility index (Phi) is 5.29. The third kappa shape index (κ3) is 3.58. The molecule has 0 spiro atoms. The highest BCUT2D eigenvalue weighted by molar-refractivity contribution is 7.89. The Hall–Kier alpha value is -1.86. The number of ether oxygens (including phenoxy) is 1. The SMILES string of the molecule is C=CCN(CC(=O)O)S(=O)(=O)c1cc(OC)ccc1C. The van der Waals surface area contributed by atoms with E-state index in [-0.39, 0.29) is 11.4 Å². The number of carbonyl (C=O) groups is 1. The van der Waals surface area contributed by atoms with Gasteiger partial charge >= 0.3 is 5.97 Å². The smallest absolute Gasteiger partial charge is 0.318 e. The number of hydrogen-bond donors (Lipinski definition) is 1. The van der Waals surface area contributed by atoms with E-state index in [0.717, 1.165) is 4.31 Å². The molecule has 6 nitrogen and oxygen atoms in total. The quantitative estimate of drug-likeness (QED) is 0.766. The van der Waals surface area contributed by atoms with E-state index in [0.29, 0.717) is 11.3 Å². The van der Waals surface area contributed by atoms with Gasteiger partial charge in [0.25, 0.3) is 0 Å². The second kappa shape index (κ2) is 6.53. The Bertz CT molecular complexity index is 609. The zero-order valence-electron chi connectivity index (χ0n) is 11.4. The molecule has 1 rings (SSSR count). The van der Waals surface area contributed by atoms with Crippen molar-refractivity contribution in [1.29, 1.82) is 0 Å². The van der Waals surface area contributed by atoms with Gasteiger partial charge in [0.1, 0.15) is 12.3 Å². The highest BCUT2D eigenvalue weighted by atomic mass is 32.2. The first kappa shape index (κ1) is 16.2. The Morgan fingerprint density at radius 1 is 1.50 bits per heavy atom. The number of aryl methyl sites for hydroxylation is 1. The van der Waals surface area contributed by atoms with Gasteiger partial charge in [-0.05, 0) is 18.6 Å². The number of rotatable bonds is 7. The van der Waals surface area contributed by atoms with Crippen LogP contribution < -0.4 is 4.74 Å². The molecule has 0 atom stereocenters. The molecule has 0 fully saturated rings. The Morgan fingerprint density at radius 3 is 2.65 bits per heavy atom. The Labute approximate surface area is 118 Å². The molecule has 0 radical (unpaired) electrons. The van der Waals surface area contributed by atoms with Crippen LogP contribution in [-0.4, -0.2) is 44.0 Å². The van der Waals surface area contributed by atoms with Crippen LogP contribution in [-0.2, 0) is 14.8 Å². The lowest BCUT2D eigenvalue weighted by Crippen LogP contribution is -2.36. The summed E-state index contributed by atoms with van der Waals surface area (Å²) in [4.78, 5) is 10.8. The number of carboxylic acid groups (broad SMARTS) is 1. The molecule has 110 valence electrons. The first-order valence-electron chi connectivity index (χ1n) is 5.80. The average molecular weight is 299 g/mol. The van der Waals surface area contributed by atoms with Crippen LogP contribution in [0.5, 0.6) is 5.75 Å². The van der Waals surface area contributed by atoms with Gasteiger partial charge < -0.3 is 9.84 Å². The van der Waals surface area contributed by atoms with Crippen molar-refractivity contribution in [3.63, 3.8) is 0 Å². The van der Waals surface area contributed by atoms with Crippen molar-refractivity contribution in [2.75, 3.05) is 20.2 Å². The maximum atomic E-state index is 12.5. The molecule has 0 bridgehead atoms. The molecule has 1 N–H and O–H groups in total. The predicted molar refractivity (Wildman–Crippen MR) is 74.3 cm³/mol. The van der Waals surface area contributed by atoms with E-state index in [9.17, 15) is 13.2 Å². The number of sulfonamides is 1. The third-order valence-electron chi connectivity index (χ3n) is 2.66. The van der Waals surface area contributed by atoms with Crippen LogP contribution in [0.15, 0.2) is 35.7 Å². The summed E-state index contributed by atoms with van der Waals surface area (Å²) in [6.45, 7) is 4.39. The van der Waals surface area contributed by atoms with Crippen molar-refractivity contribution in [3.05, 3.63) is 36.4 Å². The monoisotopic (exact) mass is 299 g/mol. The molecule has 0 aromatic heterocycles. The van der Waals surface area contributed by atoms with E-state index >= 15 is 0 Å². The van der Waals surface area contributed by atoms with E-state index in [4.69, 9.17) is 9.84 Å². The minimum atomic E-state index is -3.92. The van der Waals surface area contributed by atoms with Crippen molar-refractivity contribution in [3.8, 4) is 5.75 Å². The van der Waals surface area contributed by atoms with E-state index in [1.165, 1.54) is 19.3 Å². The molecule has 1 aromatic carbocycles. The van der Waals surface area contributed by atoms with Crippen LogP contribution >= 0.6 is 0 Å². The first-order valence-corrected chi connectivity index (χ1v) is 7.24. The normalized spacial score (nSPS) is 11.3. The summed E-state index contributed by atoms with van der Waals surface area (Å²) in [6.07, 6.45) is 1.34. The second-order valence-electron chi connectivity index (χ2n) is 4.11. The summed E-state index contributed by atoms with van der Waals surface area (Å²) < 4.78 is 30.9. The summed E-state index contributed by atoms with van der Waals surface area (Å²) >= 11 is 0. The predicted octanol–water partition coefficient (Wildman–Crippen LogP) is 1.26. The number of benzene rings is 1. The van der Waals surface area contributed by atoms with E-state index in [1.807, 2.05) is 0 Å². The summed E-state index contributed by atoms with van der Waals surface area (Å²) in [5.41, 5.74) is 0.519. The lowest BCUT2D eigenvalue weighted by Gasteiger charge is -2.20. The van der Waals surface area contributed by atoms with Crippen molar-refractivity contribution >= 4 is 16.0 Å². The van der Waals surface area contributed by atoms with Gasteiger partial charge in [-0.1, -0.05) is 12.1 Å². The molecule has 0 aliphatic rings. The summed E-state index contributed by atoms with van der Waals surface area (Å²) in [7, 11) is -2.49. The van der Waals surface area contributed by atoms with Crippen molar-refractivity contribution in [1.82, 2.24) is 4.31 Å². The molecule has 0 saturated heterocycles. The zero-order chi connectivity index (χ0) is 15.3. The number of carboxylic acids is 1.